The molecule has 134 valence electrons. The van der Waals surface area contributed by atoms with E-state index in [1.807, 2.05) is 4.90 Å². The van der Waals surface area contributed by atoms with Crippen LogP contribution in [-0.4, -0.2) is 49.3 Å². The summed E-state index contributed by atoms with van der Waals surface area (Å²) >= 11 is 11.9. The molecule has 0 saturated carbocycles. The number of nitrogens with zero attached hydrogens (tertiary/aromatic N) is 1. The molecule has 1 saturated heterocycles. The number of ether oxygens (including phenoxy) is 2. The Morgan fingerprint density at radius 1 is 1.29 bits per heavy atom. The average Bonchev–Trinajstić information content (AvgIpc) is 2.54. The van der Waals surface area contributed by atoms with Crippen LogP contribution in [0.25, 0.3) is 0 Å². The first-order valence-electron chi connectivity index (χ1n) is 8.23. The number of likely N-dealkylation sites (tertiary alicyclic amines) is 1. The Labute approximate surface area is 153 Å². The van der Waals surface area contributed by atoms with Crippen LogP contribution in [0, 0.1) is 0 Å². The van der Waals surface area contributed by atoms with Gasteiger partial charge >= 0.3 is 0 Å². The van der Waals surface area contributed by atoms with Crippen LogP contribution in [0.4, 0.5) is 0 Å². The van der Waals surface area contributed by atoms with Gasteiger partial charge in [0.25, 0.3) is 5.91 Å². The molecule has 1 unspecified atom stereocenters. The van der Waals surface area contributed by atoms with Crippen LogP contribution in [0.3, 0.4) is 0 Å². The molecule has 2 N–H and O–H groups in total. The molecule has 2 rings (SSSR count). The highest BCUT2D eigenvalue weighted by Crippen LogP contribution is 2.25. The molecule has 24 heavy (non-hydrogen) atoms. The van der Waals surface area contributed by atoms with Crippen LogP contribution >= 0.6 is 23.2 Å². The van der Waals surface area contributed by atoms with Gasteiger partial charge in [0.1, 0.15) is 5.75 Å². The fraction of sp³-hybridized carbons (Fsp3) is 0.588. The van der Waals surface area contributed by atoms with Crippen molar-refractivity contribution < 1.29 is 14.3 Å². The number of amides is 1. The third-order valence-electron chi connectivity index (χ3n) is 3.95. The second kappa shape index (κ2) is 9.47. The van der Waals surface area contributed by atoms with Gasteiger partial charge < -0.3 is 20.1 Å². The zero-order valence-electron chi connectivity index (χ0n) is 13.8. The normalized spacial score (nSPS) is 16.9. The maximum Gasteiger partial charge on any atom is 0.263 e. The number of hydrogen-bond donors (Lipinski definition) is 1. The predicted molar refractivity (Wildman–Crippen MR) is 95.8 cm³/mol. The summed E-state index contributed by atoms with van der Waals surface area (Å²) in [5.41, 5.74) is 5.46. The Morgan fingerprint density at radius 2 is 1.92 bits per heavy atom. The highest BCUT2D eigenvalue weighted by Gasteiger charge is 2.27. The molecule has 0 aliphatic carbocycles. The zero-order chi connectivity index (χ0) is 17.5. The van der Waals surface area contributed by atoms with E-state index in [1.54, 1.807) is 25.1 Å². The average molecular weight is 375 g/mol. The fourth-order valence-electron chi connectivity index (χ4n) is 2.68. The van der Waals surface area contributed by atoms with Crippen LogP contribution in [0.2, 0.25) is 10.0 Å². The summed E-state index contributed by atoms with van der Waals surface area (Å²) < 4.78 is 11.4. The summed E-state index contributed by atoms with van der Waals surface area (Å²) in [5, 5.41) is 0.959. The number of carbonyl (C=O) groups excluding carboxylic acids is 1. The lowest BCUT2D eigenvalue weighted by molar-refractivity contribution is -0.140. The summed E-state index contributed by atoms with van der Waals surface area (Å²) in [6, 6.07) is 4.92. The van der Waals surface area contributed by atoms with Crippen LogP contribution in [0.5, 0.6) is 5.75 Å². The fourth-order valence-corrected chi connectivity index (χ4v) is 3.19. The van der Waals surface area contributed by atoms with E-state index in [0.29, 0.717) is 42.0 Å². The Bertz CT molecular complexity index is 528. The molecule has 1 amide bonds. The lowest BCUT2D eigenvalue weighted by Gasteiger charge is -2.33. The van der Waals surface area contributed by atoms with Gasteiger partial charge in [-0.2, -0.15) is 0 Å². The molecule has 1 aliphatic heterocycles. The third-order valence-corrected chi connectivity index (χ3v) is 4.39. The topological polar surface area (TPSA) is 64.8 Å². The molecule has 7 heteroatoms. The quantitative estimate of drug-likeness (QED) is 0.744. The van der Waals surface area contributed by atoms with Crippen molar-refractivity contribution >= 4 is 29.1 Å². The lowest BCUT2D eigenvalue weighted by atomic mass is 10.1. The van der Waals surface area contributed by atoms with E-state index in [-0.39, 0.29) is 12.0 Å². The molecule has 5 nitrogen and oxygen atoms in total. The highest BCUT2D eigenvalue weighted by molar-refractivity contribution is 6.34. The molecule has 0 radical (unpaired) electrons. The van der Waals surface area contributed by atoms with Crippen molar-refractivity contribution in [1.82, 2.24) is 4.90 Å². The smallest absolute Gasteiger partial charge is 0.263 e. The number of hydrogen-bond acceptors (Lipinski definition) is 4. The van der Waals surface area contributed by atoms with E-state index >= 15 is 0 Å². The van der Waals surface area contributed by atoms with E-state index in [1.165, 1.54) is 0 Å². The molecule has 1 heterocycles. The van der Waals surface area contributed by atoms with Crippen LogP contribution in [0.15, 0.2) is 18.2 Å². The Balaban J connectivity index is 1.81. The second-order valence-electron chi connectivity index (χ2n) is 5.90. The van der Waals surface area contributed by atoms with Gasteiger partial charge in [-0.15, -0.1) is 0 Å². The SMILES string of the molecule is CC(Oc1cc(Cl)cc(Cl)c1)C(=O)N1CCC(OCCCN)CC1. The molecule has 0 spiro atoms. The van der Waals surface area contributed by atoms with Gasteiger partial charge in [-0.3, -0.25) is 4.79 Å². The van der Waals surface area contributed by atoms with Gasteiger partial charge in [0.05, 0.1) is 6.10 Å². The van der Waals surface area contributed by atoms with Gasteiger partial charge in [0.15, 0.2) is 6.10 Å². The number of nitrogens with two attached hydrogens (primary N) is 1. The number of rotatable bonds is 7. The minimum absolute atomic E-state index is 0.0356. The van der Waals surface area contributed by atoms with Crippen molar-refractivity contribution in [2.75, 3.05) is 26.2 Å². The lowest BCUT2D eigenvalue weighted by Crippen LogP contribution is -2.46. The van der Waals surface area contributed by atoms with Crippen molar-refractivity contribution in [2.45, 2.75) is 38.4 Å². The number of carbonyl (C=O) groups is 1. The Morgan fingerprint density at radius 3 is 2.50 bits per heavy atom. The van der Waals surface area contributed by atoms with E-state index in [9.17, 15) is 4.79 Å². The van der Waals surface area contributed by atoms with Crippen molar-refractivity contribution in [2.24, 2.45) is 5.73 Å². The second-order valence-corrected chi connectivity index (χ2v) is 6.78. The van der Waals surface area contributed by atoms with Crippen LogP contribution < -0.4 is 10.5 Å². The number of halogens is 2. The molecule has 1 fully saturated rings. The Hall–Kier alpha value is -1.01. The Kier molecular flexibility index (Phi) is 7.62. The maximum absolute atomic E-state index is 12.5. The maximum atomic E-state index is 12.5. The molecule has 1 aromatic rings. The standard InChI is InChI=1S/C17H24Cl2N2O3/c1-12(24-16-10-13(18)9-14(19)11-16)17(22)21-6-3-15(4-7-21)23-8-2-5-20/h9-12,15H,2-8,20H2,1H3. The molecular formula is C17H24Cl2N2O3. The summed E-state index contributed by atoms with van der Waals surface area (Å²) in [4.78, 5) is 14.3. The summed E-state index contributed by atoms with van der Waals surface area (Å²) in [5.74, 6) is 0.458. The molecule has 0 aromatic heterocycles. The van der Waals surface area contributed by atoms with Gasteiger partial charge in [-0.1, -0.05) is 23.2 Å². The first kappa shape index (κ1) is 19.3. The zero-order valence-corrected chi connectivity index (χ0v) is 15.4. The van der Waals surface area contributed by atoms with E-state index in [2.05, 4.69) is 0 Å². The molecular weight excluding hydrogens is 351 g/mol. The first-order chi connectivity index (χ1) is 11.5. The summed E-state index contributed by atoms with van der Waals surface area (Å²) in [6.45, 7) is 4.41. The van der Waals surface area contributed by atoms with Crippen molar-refractivity contribution in [1.29, 1.82) is 0 Å². The molecule has 1 aliphatic rings. The predicted octanol–water partition coefficient (Wildman–Crippen LogP) is 3.12. The third kappa shape index (κ3) is 5.81. The summed E-state index contributed by atoms with van der Waals surface area (Å²) in [6.07, 6.45) is 2.17. The molecule has 0 bridgehead atoms. The number of piperidine rings is 1. The van der Waals surface area contributed by atoms with Crippen LogP contribution in [-0.2, 0) is 9.53 Å². The minimum Gasteiger partial charge on any atom is -0.481 e. The number of benzene rings is 1. The van der Waals surface area contributed by atoms with Gasteiger partial charge in [0, 0.05) is 29.7 Å². The molecule has 1 aromatic carbocycles. The van der Waals surface area contributed by atoms with Crippen molar-refractivity contribution in [3.8, 4) is 5.75 Å². The van der Waals surface area contributed by atoms with Gasteiger partial charge in [-0.25, -0.2) is 0 Å². The largest absolute Gasteiger partial charge is 0.481 e. The van der Waals surface area contributed by atoms with Gasteiger partial charge in [0.2, 0.25) is 0 Å². The van der Waals surface area contributed by atoms with Gasteiger partial charge in [-0.05, 0) is 50.9 Å². The van der Waals surface area contributed by atoms with Crippen LogP contribution in [0.1, 0.15) is 26.2 Å². The monoisotopic (exact) mass is 374 g/mol. The van der Waals surface area contributed by atoms with E-state index in [0.717, 1.165) is 19.3 Å². The molecule has 1 atom stereocenters. The highest BCUT2D eigenvalue weighted by atomic mass is 35.5. The minimum atomic E-state index is -0.589. The van der Waals surface area contributed by atoms with Crippen molar-refractivity contribution in [3.63, 3.8) is 0 Å². The van der Waals surface area contributed by atoms with E-state index in [4.69, 9.17) is 38.4 Å². The summed E-state index contributed by atoms with van der Waals surface area (Å²) in [7, 11) is 0. The van der Waals surface area contributed by atoms with E-state index < -0.39 is 6.10 Å². The first-order valence-corrected chi connectivity index (χ1v) is 8.98. The van der Waals surface area contributed by atoms with Crippen molar-refractivity contribution in [3.05, 3.63) is 28.2 Å².